The number of piperidine rings is 1. The van der Waals surface area contributed by atoms with Gasteiger partial charge >= 0.3 is 0 Å². The molecule has 2 aromatic rings. The first kappa shape index (κ1) is 21.1. The number of nitrogens with one attached hydrogen (secondary N) is 2. The van der Waals surface area contributed by atoms with E-state index in [4.69, 9.17) is 17.0 Å². The highest BCUT2D eigenvalue weighted by Crippen LogP contribution is 2.21. The molecule has 0 aliphatic carbocycles. The fourth-order valence-electron chi connectivity index (χ4n) is 3.56. The number of ether oxygens (including phenoxy) is 1. The Hall–Kier alpha value is -2.60. The van der Waals surface area contributed by atoms with Crippen LogP contribution in [0.1, 0.15) is 54.6 Å². The van der Waals surface area contributed by atoms with Crippen molar-refractivity contribution in [2.75, 3.05) is 25.5 Å². The number of methoxy groups -OCH3 is 1. The molecule has 1 aliphatic heterocycles. The van der Waals surface area contributed by atoms with Crippen LogP contribution in [0.4, 0.5) is 5.69 Å². The van der Waals surface area contributed by atoms with Gasteiger partial charge in [0, 0.05) is 24.3 Å². The topological polar surface area (TPSA) is 53.6 Å². The van der Waals surface area contributed by atoms with Crippen molar-refractivity contribution in [3.63, 3.8) is 0 Å². The molecule has 1 atom stereocenters. The molecule has 1 heterocycles. The Morgan fingerprint density at radius 2 is 1.72 bits per heavy atom. The SMILES string of the molecule is CCC(NC(=S)Nc1ccc(C(=O)N2CCCCC2)cc1)c1ccc(OC)cc1. The second-order valence-corrected chi connectivity index (χ2v) is 7.67. The summed E-state index contributed by atoms with van der Waals surface area (Å²) >= 11 is 5.49. The van der Waals surface area contributed by atoms with E-state index in [1.165, 1.54) is 6.42 Å². The molecular weight excluding hydrogens is 382 g/mol. The summed E-state index contributed by atoms with van der Waals surface area (Å²) in [7, 11) is 1.66. The number of carbonyl (C=O) groups excluding carboxylic acids is 1. The molecule has 1 aliphatic rings. The van der Waals surface area contributed by atoms with Crippen LogP contribution in [0.3, 0.4) is 0 Å². The Morgan fingerprint density at radius 3 is 2.31 bits per heavy atom. The maximum atomic E-state index is 12.6. The normalized spacial score (nSPS) is 14.8. The second kappa shape index (κ2) is 10.3. The van der Waals surface area contributed by atoms with Crippen LogP contribution in [-0.4, -0.2) is 36.1 Å². The predicted octanol–water partition coefficient (Wildman–Crippen LogP) is 4.76. The second-order valence-electron chi connectivity index (χ2n) is 7.26. The molecule has 1 unspecified atom stereocenters. The summed E-state index contributed by atoms with van der Waals surface area (Å²) in [6.45, 7) is 3.83. The molecule has 29 heavy (non-hydrogen) atoms. The lowest BCUT2D eigenvalue weighted by atomic mass is 10.0. The van der Waals surface area contributed by atoms with Gasteiger partial charge in [0.1, 0.15) is 5.75 Å². The minimum absolute atomic E-state index is 0.112. The summed E-state index contributed by atoms with van der Waals surface area (Å²) in [6.07, 6.45) is 4.31. The van der Waals surface area contributed by atoms with Crippen LogP contribution in [0.5, 0.6) is 5.75 Å². The molecule has 0 bridgehead atoms. The maximum Gasteiger partial charge on any atom is 0.253 e. The van der Waals surface area contributed by atoms with E-state index in [0.717, 1.165) is 54.9 Å². The molecule has 3 rings (SSSR count). The van der Waals surface area contributed by atoms with Gasteiger partial charge < -0.3 is 20.3 Å². The summed E-state index contributed by atoms with van der Waals surface area (Å²) in [6, 6.07) is 15.6. The number of nitrogens with zero attached hydrogens (tertiary/aromatic N) is 1. The molecule has 1 amide bonds. The summed E-state index contributed by atoms with van der Waals surface area (Å²) in [4.78, 5) is 14.5. The van der Waals surface area contributed by atoms with Gasteiger partial charge in [0.15, 0.2) is 5.11 Å². The first-order valence-electron chi connectivity index (χ1n) is 10.2. The molecule has 0 spiro atoms. The van der Waals surface area contributed by atoms with Crippen molar-refractivity contribution in [1.29, 1.82) is 0 Å². The minimum Gasteiger partial charge on any atom is -0.497 e. The van der Waals surface area contributed by atoms with Gasteiger partial charge in [0.05, 0.1) is 13.2 Å². The van der Waals surface area contributed by atoms with Gasteiger partial charge in [-0.15, -0.1) is 0 Å². The molecular formula is C23H29N3O2S. The molecule has 0 saturated carbocycles. The third-order valence-electron chi connectivity index (χ3n) is 5.26. The van der Waals surface area contributed by atoms with E-state index in [2.05, 4.69) is 17.6 Å². The van der Waals surface area contributed by atoms with Gasteiger partial charge in [-0.1, -0.05) is 19.1 Å². The quantitative estimate of drug-likeness (QED) is 0.671. The van der Waals surface area contributed by atoms with E-state index in [0.29, 0.717) is 5.11 Å². The summed E-state index contributed by atoms with van der Waals surface area (Å²) in [5, 5.41) is 7.14. The molecule has 5 nitrogen and oxygen atoms in total. The number of anilines is 1. The fraction of sp³-hybridized carbons (Fsp3) is 0.391. The van der Waals surface area contributed by atoms with Gasteiger partial charge in [0.2, 0.25) is 0 Å². The molecule has 6 heteroatoms. The molecule has 2 N–H and O–H groups in total. The van der Waals surface area contributed by atoms with E-state index in [1.807, 2.05) is 53.4 Å². The van der Waals surface area contributed by atoms with Crippen LogP contribution in [0.15, 0.2) is 48.5 Å². The van der Waals surface area contributed by atoms with Crippen molar-refractivity contribution < 1.29 is 9.53 Å². The first-order chi connectivity index (χ1) is 14.1. The number of thiocarbonyl (C=S) groups is 1. The number of amides is 1. The van der Waals surface area contributed by atoms with E-state index in [9.17, 15) is 4.79 Å². The van der Waals surface area contributed by atoms with Crippen molar-refractivity contribution in [2.45, 2.75) is 38.6 Å². The Kier molecular flexibility index (Phi) is 7.47. The van der Waals surface area contributed by atoms with Crippen LogP contribution in [0, 0.1) is 0 Å². The fourth-order valence-corrected chi connectivity index (χ4v) is 3.82. The average Bonchev–Trinajstić information content (AvgIpc) is 2.78. The van der Waals surface area contributed by atoms with Crippen LogP contribution >= 0.6 is 12.2 Å². The standard InChI is InChI=1S/C23H29N3O2S/c1-3-21(17-9-13-20(28-2)14-10-17)25-23(29)24-19-11-7-18(8-12-19)22(27)26-15-5-4-6-16-26/h7-14,21H,3-6,15-16H2,1-2H3,(H2,24,25,29). The Labute approximate surface area is 178 Å². The third kappa shape index (κ3) is 5.70. The van der Waals surface area contributed by atoms with Gasteiger partial charge in [-0.05, 0) is 79.9 Å². The smallest absolute Gasteiger partial charge is 0.253 e. The van der Waals surface area contributed by atoms with Crippen molar-refractivity contribution in [3.8, 4) is 5.75 Å². The van der Waals surface area contributed by atoms with Gasteiger partial charge in [0.25, 0.3) is 5.91 Å². The van der Waals surface area contributed by atoms with E-state index < -0.39 is 0 Å². The zero-order valence-corrected chi connectivity index (χ0v) is 17.9. The van der Waals surface area contributed by atoms with Gasteiger partial charge in [-0.3, -0.25) is 4.79 Å². The third-order valence-corrected chi connectivity index (χ3v) is 5.48. The molecule has 0 radical (unpaired) electrons. The molecule has 0 aromatic heterocycles. The lowest BCUT2D eigenvalue weighted by Gasteiger charge is -2.26. The largest absolute Gasteiger partial charge is 0.497 e. The highest BCUT2D eigenvalue weighted by atomic mass is 32.1. The molecule has 1 saturated heterocycles. The van der Waals surface area contributed by atoms with E-state index in [-0.39, 0.29) is 11.9 Å². The predicted molar refractivity (Wildman–Crippen MR) is 122 cm³/mol. The average molecular weight is 412 g/mol. The minimum atomic E-state index is 0.112. The number of likely N-dealkylation sites (tertiary alicyclic amines) is 1. The van der Waals surface area contributed by atoms with Crippen molar-refractivity contribution in [2.24, 2.45) is 0 Å². The Morgan fingerprint density at radius 1 is 1.07 bits per heavy atom. The highest BCUT2D eigenvalue weighted by molar-refractivity contribution is 7.80. The summed E-state index contributed by atoms with van der Waals surface area (Å²) in [5.74, 6) is 0.950. The van der Waals surface area contributed by atoms with Gasteiger partial charge in [-0.2, -0.15) is 0 Å². The van der Waals surface area contributed by atoms with E-state index >= 15 is 0 Å². The lowest BCUT2D eigenvalue weighted by Crippen LogP contribution is -2.35. The number of rotatable bonds is 6. The molecule has 2 aromatic carbocycles. The maximum absolute atomic E-state index is 12.6. The van der Waals surface area contributed by atoms with Crippen LogP contribution in [0.25, 0.3) is 0 Å². The summed E-state index contributed by atoms with van der Waals surface area (Å²) < 4.78 is 5.22. The highest BCUT2D eigenvalue weighted by Gasteiger charge is 2.18. The Balaban J connectivity index is 1.57. The summed E-state index contributed by atoms with van der Waals surface area (Å²) in [5.41, 5.74) is 2.74. The van der Waals surface area contributed by atoms with Crippen molar-refractivity contribution in [3.05, 3.63) is 59.7 Å². The molecule has 154 valence electrons. The monoisotopic (exact) mass is 411 g/mol. The Bertz CT molecular complexity index is 815. The lowest BCUT2D eigenvalue weighted by molar-refractivity contribution is 0.0724. The van der Waals surface area contributed by atoms with Crippen LogP contribution in [0.2, 0.25) is 0 Å². The van der Waals surface area contributed by atoms with Crippen LogP contribution < -0.4 is 15.4 Å². The first-order valence-corrected chi connectivity index (χ1v) is 10.6. The molecule has 1 fully saturated rings. The van der Waals surface area contributed by atoms with Gasteiger partial charge in [-0.25, -0.2) is 0 Å². The number of hydrogen-bond donors (Lipinski definition) is 2. The number of benzene rings is 2. The zero-order chi connectivity index (χ0) is 20.6. The van der Waals surface area contributed by atoms with E-state index in [1.54, 1.807) is 7.11 Å². The number of carbonyl (C=O) groups is 1. The van der Waals surface area contributed by atoms with Crippen LogP contribution in [-0.2, 0) is 0 Å². The van der Waals surface area contributed by atoms with Crippen molar-refractivity contribution in [1.82, 2.24) is 10.2 Å². The van der Waals surface area contributed by atoms with Crippen molar-refractivity contribution >= 4 is 28.9 Å². The zero-order valence-electron chi connectivity index (χ0n) is 17.1. The number of hydrogen-bond acceptors (Lipinski definition) is 3.